The van der Waals surface area contributed by atoms with Crippen molar-refractivity contribution in [3.63, 3.8) is 0 Å². The summed E-state index contributed by atoms with van der Waals surface area (Å²) >= 11 is 0. The molecule has 1 radical (unpaired) electrons. The van der Waals surface area contributed by atoms with Gasteiger partial charge in [0, 0.05) is 0 Å². The maximum Gasteiger partial charge on any atom is 0.218 e. The molecule has 1 aromatic heterocycles. The lowest BCUT2D eigenvalue weighted by molar-refractivity contribution is 0.444. The van der Waals surface area contributed by atoms with Crippen molar-refractivity contribution >= 4 is 9.84 Å². The minimum absolute atomic E-state index is 0.00463. The average Bonchev–Trinajstić information content (AvgIpc) is 2.38. The SMILES string of the molecule is CCS(=O)(=O)c1cc[c]o1. The van der Waals surface area contributed by atoms with E-state index < -0.39 is 9.84 Å². The third-order valence-corrected chi connectivity index (χ3v) is 2.73. The summed E-state index contributed by atoms with van der Waals surface area (Å²) in [6.45, 7) is 1.57. The van der Waals surface area contributed by atoms with Crippen molar-refractivity contribution < 1.29 is 12.8 Å². The van der Waals surface area contributed by atoms with Gasteiger partial charge in [-0.25, -0.2) is 8.42 Å². The Hall–Kier alpha value is -0.770. The van der Waals surface area contributed by atoms with E-state index in [4.69, 9.17) is 0 Å². The molecule has 10 heavy (non-hydrogen) atoms. The van der Waals surface area contributed by atoms with Crippen LogP contribution in [0.1, 0.15) is 6.92 Å². The number of rotatable bonds is 2. The van der Waals surface area contributed by atoms with Crippen molar-refractivity contribution in [2.24, 2.45) is 0 Å². The molecule has 0 saturated carbocycles. The molecule has 55 valence electrons. The molecule has 0 spiro atoms. The fourth-order valence-electron chi connectivity index (χ4n) is 0.538. The summed E-state index contributed by atoms with van der Waals surface area (Å²) in [7, 11) is -3.15. The van der Waals surface area contributed by atoms with E-state index in [9.17, 15) is 8.42 Å². The van der Waals surface area contributed by atoms with Gasteiger partial charge in [-0.2, -0.15) is 0 Å². The van der Waals surface area contributed by atoms with Crippen LogP contribution in [-0.4, -0.2) is 14.2 Å². The van der Waals surface area contributed by atoms with Gasteiger partial charge in [-0.15, -0.1) is 0 Å². The second-order valence-corrected chi connectivity index (χ2v) is 3.98. The minimum atomic E-state index is -3.15. The molecule has 1 aromatic rings. The molecule has 0 aliphatic carbocycles. The molecule has 0 bridgehead atoms. The highest BCUT2D eigenvalue weighted by molar-refractivity contribution is 7.91. The largest absolute Gasteiger partial charge is 0.441 e. The Morgan fingerprint density at radius 3 is 2.80 bits per heavy atom. The molecule has 0 fully saturated rings. The summed E-state index contributed by atoms with van der Waals surface area (Å²) in [5.74, 6) is 0.0638. The van der Waals surface area contributed by atoms with Gasteiger partial charge in [0.05, 0.1) is 5.75 Å². The summed E-state index contributed by atoms with van der Waals surface area (Å²) < 4.78 is 26.5. The Bertz CT molecular complexity index is 283. The van der Waals surface area contributed by atoms with Crippen LogP contribution in [0.5, 0.6) is 0 Å². The van der Waals surface area contributed by atoms with Crippen LogP contribution in [0.15, 0.2) is 21.6 Å². The van der Waals surface area contributed by atoms with Crippen LogP contribution in [0, 0.1) is 6.26 Å². The quantitative estimate of drug-likeness (QED) is 0.643. The number of furan rings is 1. The van der Waals surface area contributed by atoms with Crippen molar-refractivity contribution in [2.45, 2.75) is 12.0 Å². The molecule has 0 aliphatic heterocycles. The standard InChI is InChI=1S/C6H7O3S/c1-2-10(7,8)6-4-3-5-9-6/h3-4H,2H2,1H3. The number of sulfone groups is 1. The van der Waals surface area contributed by atoms with Crippen molar-refractivity contribution in [3.05, 3.63) is 18.4 Å². The molecule has 0 N–H and O–H groups in total. The molecule has 1 heterocycles. The molecule has 0 saturated heterocycles. The number of hydrogen-bond donors (Lipinski definition) is 0. The van der Waals surface area contributed by atoms with Gasteiger partial charge < -0.3 is 4.42 Å². The van der Waals surface area contributed by atoms with Crippen LogP contribution in [0.25, 0.3) is 0 Å². The smallest absolute Gasteiger partial charge is 0.218 e. The first-order valence-corrected chi connectivity index (χ1v) is 4.50. The first-order chi connectivity index (χ1) is 4.67. The van der Waals surface area contributed by atoms with E-state index in [-0.39, 0.29) is 10.8 Å². The Morgan fingerprint density at radius 2 is 2.40 bits per heavy atom. The van der Waals surface area contributed by atoms with Crippen molar-refractivity contribution in [1.29, 1.82) is 0 Å². The summed E-state index contributed by atoms with van der Waals surface area (Å²) in [6, 6.07) is 2.82. The molecule has 0 atom stereocenters. The van der Waals surface area contributed by atoms with Crippen molar-refractivity contribution in [3.8, 4) is 0 Å². The fraction of sp³-hybridized carbons (Fsp3) is 0.333. The zero-order valence-electron chi connectivity index (χ0n) is 5.49. The summed E-state index contributed by atoms with van der Waals surface area (Å²) in [6.07, 6.45) is 2.32. The highest BCUT2D eigenvalue weighted by atomic mass is 32.2. The first kappa shape index (κ1) is 7.34. The maximum absolute atomic E-state index is 10.9. The third kappa shape index (κ3) is 1.21. The van der Waals surface area contributed by atoms with Gasteiger partial charge in [0.25, 0.3) is 0 Å². The minimum Gasteiger partial charge on any atom is -0.441 e. The van der Waals surface area contributed by atoms with Crippen LogP contribution >= 0.6 is 0 Å². The zero-order chi connectivity index (χ0) is 7.61. The van der Waals surface area contributed by atoms with Gasteiger partial charge in [0.2, 0.25) is 14.9 Å². The molecular weight excluding hydrogens is 152 g/mol. The molecule has 4 heteroatoms. The highest BCUT2D eigenvalue weighted by Gasteiger charge is 2.13. The Morgan fingerprint density at radius 1 is 1.70 bits per heavy atom. The van der Waals surface area contributed by atoms with Gasteiger partial charge in [-0.05, 0) is 12.1 Å². The van der Waals surface area contributed by atoms with Crippen molar-refractivity contribution in [1.82, 2.24) is 0 Å². The van der Waals surface area contributed by atoms with Gasteiger partial charge in [-0.3, -0.25) is 0 Å². The van der Waals surface area contributed by atoms with E-state index >= 15 is 0 Å². The predicted molar refractivity (Wildman–Crippen MR) is 35.3 cm³/mol. The Balaban J connectivity index is 3.09. The molecule has 0 amide bonds. The lowest BCUT2D eigenvalue weighted by Gasteiger charge is -1.91. The third-order valence-electron chi connectivity index (χ3n) is 1.13. The Labute approximate surface area is 59.6 Å². The van der Waals surface area contributed by atoms with Crippen LogP contribution in [0.2, 0.25) is 0 Å². The topological polar surface area (TPSA) is 47.3 Å². The number of hydrogen-bond acceptors (Lipinski definition) is 3. The van der Waals surface area contributed by atoms with Crippen LogP contribution in [0.3, 0.4) is 0 Å². The molecule has 0 unspecified atom stereocenters. The van der Waals surface area contributed by atoms with E-state index in [0.29, 0.717) is 0 Å². The van der Waals surface area contributed by atoms with E-state index in [2.05, 4.69) is 10.7 Å². The zero-order valence-corrected chi connectivity index (χ0v) is 6.31. The molecular formula is C6H7O3S. The monoisotopic (exact) mass is 159 g/mol. The van der Waals surface area contributed by atoms with Crippen LogP contribution in [-0.2, 0) is 9.84 Å². The molecule has 0 aliphatic rings. The van der Waals surface area contributed by atoms with Crippen LogP contribution in [0.4, 0.5) is 0 Å². The van der Waals surface area contributed by atoms with Gasteiger partial charge in [0.15, 0.2) is 6.26 Å². The molecule has 1 rings (SSSR count). The predicted octanol–water partition coefficient (Wildman–Crippen LogP) is 0.873. The van der Waals surface area contributed by atoms with Gasteiger partial charge in [-0.1, -0.05) is 6.92 Å². The molecule has 0 aromatic carbocycles. The second kappa shape index (κ2) is 2.46. The maximum atomic E-state index is 10.9. The van der Waals surface area contributed by atoms with Gasteiger partial charge in [0.1, 0.15) is 0 Å². The lowest BCUT2D eigenvalue weighted by Crippen LogP contribution is -2.01. The van der Waals surface area contributed by atoms with E-state index in [1.54, 1.807) is 6.92 Å². The lowest BCUT2D eigenvalue weighted by atomic mass is 10.7. The van der Waals surface area contributed by atoms with Crippen LogP contribution < -0.4 is 0 Å². The molecule has 3 nitrogen and oxygen atoms in total. The highest BCUT2D eigenvalue weighted by Crippen LogP contribution is 2.09. The average molecular weight is 159 g/mol. The Kier molecular flexibility index (Phi) is 1.80. The summed E-state index contributed by atoms with van der Waals surface area (Å²) in [5.41, 5.74) is 0. The summed E-state index contributed by atoms with van der Waals surface area (Å²) in [4.78, 5) is 0. The first-order valence-electron chi connectivity index (χ1n) is 2.85. The van der Waals surface area contributed by atoms with E-state index in [1.807, 2.05) is 0 Å². The van der Waals surface area contributed by atoms with E-state index in [1.165, 1.54) is 12.1 Å². The van der Waals surface area contributed by atoms with Gasteiger partial charge >= 0.3 is 0 Å². The summed E-state index contributed by atoms with van der Waals surface area (Å²) in [5, 5.41) is -0.00463. The second-order valence-electron chi connectivity index (χ2n) is 1.78. The van der Waals surface area contributed by atoms with E-state index in [0.717, 1.165) is 0 Å². The fourth-order valence-corrected chi connectivity index (χ4v) is 1.27. The normalized spacial score (nSPS) is 11.7. The van der Waals surface area contributed by atoms with Crippen molar-refractivity contribution in [2.75, 3.05) is 5.75 Å².